The summed E-state index contributed by atoms with van der Waals surface area (Å²) in [5.74, 6) is 0. The third-order valence-electron chi connectivity index (χ3n) is 2.00. The molecule has 2 N–H and O–H groups in total. The van der Waals surface area contributed by atoms with E-state index in [0.29, 0.717) is 0 Å². The molecule has 0 saturated carbocycles. The highest BCUT2D eigenvalue weighted by Crippen LogP contribution is 2.13. The number of hydrogen-bond acceptors (Lipinski definition) is 1. The minimum Gasteiger partial charge on any atom is -0.315 e. The standard InChI is InChI=1S/C11H14N2O/c1-4-12-11(14)13-10-6-5-8(2)9(3)7-10/h4-7H,1H2,2-3H3,(H2,12,13,14). The maximum atomic E-state index is 11.1. The number of anilines is 1. The van der Waals surface area contributed by atoms with Gasteiger partial charge in [-0.25, -0.2) is 4.79 Å². The van der Waals surface area contributed by atoms with E-state index in [1.807, 2.05) is 32.0 Å². The monoisotopic (exact) mass is 190 g/mol. The molecule has 0 spiro atoms. The molecule has 0 unspecified atom stereocenters. The van der Waals surface area contributed by atoms with Gasteiger partial charge in [-0.15, -0.1) is 0 Å². The average Bonchev–Trinajstić information content (AvgIpc) is 2.12. The molecule has 0 fully saturated rings. The number of nitrogens with one attached hydrogen (secondary N) is 2. The largest absolute Gasteiger partial charge is 0.323 e. The van der Waals surface area contributed by atoms with Crippen molar-refractivity contribution in [3.05, 3.63) is 42.1 Å². The Balaban J connectivity index is 2.72. The van der Waals surface area contributed by atoms with E-state index in [9.17, 15) is 4.79 Å². The summed E-state index contributed by atoms with van der Waals surface area (Å²) in [5.41, 5.74) is 3.15. The summed E-state index contributed by atoms with van der Waals surface area (Å²) in [7, 11) is 0. The van der Waals surface area contributed by atoms with E-state index in [1.54, 1.807) is 0 Å². The summed E-state index contributed by atoms with van der Waals surface area (Å²) < 4.78 is 0. The fourth-order valence-corrected chi connectivity index (χ4v) is 1.08. The van der Waals surface area contributed by atoms with Gasteiger partial charge in [-0.2, -0.15) is 0 Å². The summed E-state index contributed by atoms with van der Waals surface area (Å²) in [6.07, 6.45) is 1.34. The minimum absolute atomic E-state index is 0.275. The minimum atomic E-state index is -0.275. The van der Waals surface area contributed by atoms with Crippen molar-refractivity contribution in [3.8, 4) is 0 Å². The van der Waals surface area contributed by atoms with Crippen LogP contribution in [0.4, 0.5) is 10.5 Å². The van der Waals surface area contributed by atoms with Crippen molar-refractivity contribution < 1.29 is 4.79 Å². The number of benzene rings is 1. The molecule has 3 heteroatoms. The van der Waals surface area contributed by atoms with E-state index in [-0.39, 0.29) is 6.03 Å². The molecule has 0 aliphatic carbocycles. The molecule has 0 heterocycles. The zero-order valence-corrected chi connectivity index (χ0v) is 8.42. The third kappa shape index (κ3) is 2.62. The number of rotatable bonds is 2. The summed E-state index contributed by atoms with van der Waals surface area (Å²) in [5, 5.41) is 5.13. The fraction of sp³-hybridized carbons (Fsp3) is 0.182. The van der Waals surface area contributed by atoms with Crippen LogP contribution in [0.5, 0.6) is 0 Å². The molecule has 0 aliphatic rings. The number of hydrogen-bond donors (Lipinski definition) is 2. The van der Waals surface area contributed by atoms with Crippen LogP contribution in [-0.4, -0.2) is 6.03 Å². The second kappa shape index (κ2) is 4.46. The van der Waals surface area contributed by atoms with Gasteiger partial charge in [0.25, 0.3) is 0 Å². The highest BCUT2D eigenvalue weighted by Gasteiger charge is 1.99. The Hall–Kier alpha value is -1.77. The van der Waals surface area contributed by atoms with E-state index < -0.39 is 0 Å². The molecule has 0 atom stereocenters. The van der Waals surface area contributed by atoms with Crippen molar-refractivity contribution >= 4 is 11.7 Å². The Bertz CT molecular complexity index is 358. The first-order valence-electron chi connectivity index (χ1n) is 4.39. The quantitative estimate of drug-likeness (QED) is 0.739. The highest BCUT2D eigenvalue weighted by molar-refractivity contribution is 5.89. The lowest BCUT2D eigenvalue weighted by Crippen LogP contribution is -2.23. The molecular formula is C11H14N2O. The van der Waals surface area contributed by atoms with E-state index in [0.717, 1.165) is 11.3 Å². The molecule has 0 bridgehead atoms. The molecular weight excluding hydrogens is 176 g/mol. The van der Waals surface area contributed by atoms with E-state index in [1.165, 1.54) is 11.8 Å². The van der Waals surface area contributed by atoms with E-state index in [4.69, 9.17) is 0 Å². The Morgan fingerprint density at radius 3 is 2.64 bits per heavy atom. The van der Waals surface area contributed by atoms with Gasteiger partial charge in [0.1, 0.15) is 0 Å². The van der Waals surface area contributed by atoms with Gasteiger partial charge in [0.15, 0.2) is 0 Å². The van der Waals surface area contributed by atoms with Gasteiger partial charge in [-0.3, -0.25) is 0 Å². The molecule has 0 aliphatic heterocycles. The first-order valence-corrected chi connectivity index (χ1v) is 4.39. The van der Waals surface area contributed by atoms with Gasteiger partial charge >= 0.3 is 6.03 Å². The predicted octanol–water partition coefficient (Wildman–Crippen LogP) is 2.57. The van der Waals surface area contributed by atoms with Crippen LogP contribution in [0.2, 0.25) is 0 Å². The molecule has 1 rings (SSSR count). The zero-order chi connectivity index (χ0) is 10.6. The van der Waals surface area contributed by atoms with Crippen molar-refractivity contribution in [3.63, 3.8) is 0 Å². The second-order valence-electron chi connectivity index (χ2n) is 3.10. The normalized spacial score (nSPS) is 9.29. The first-order chi connectivity index (χ1) is 6.63. The van der Waals surface area contributed by atoms with Crippen molar-refractivity contribution in [1.29, 1.82) is 0 Å². The van der Waals surface area contributed by atoms with Crippen molar-refractivity contribution in [2.24, 2.45) is 0 Å². The van der Waals surface area contributed by atoms with Gasteiger partial charge in [-0.1, -0.05) is 12.6 Å². The van der Waals surface area contributed by atoms with Crippen LogP contribution in [0.1, 0.15) is 11.1 Å². The van der Waals surface area contributed by atoms with Crippen LogP contribution in [0.25, 0.3) is 0 Å². The maximum absolute atomic E-state index is 11.1. The SMILES string of the molecule is C=CNC(=O)Nc1ccc(C)c(C)c1. The number of urea groups is 1. The molecule has 74 valence electrons. The van der Waals surface area contributed by atoms with Crippen LogP contribution < -0.4 is 10.6 Å². The lowest BCUT2D eigenvalue weighted by Gasteiger charge is -2.06. The van der Waals surface area contributed by atoms with E-state index >= 15 is 0 Å². The fourth-order valence-electron chi connectivity index (χ4n) is 1.08. The second-order valence-corrected chi connectivity index (χ2v) is 3.10. The lowest BCUT2D eigenvalue weighted by molar-refractivity contribution is 0.255. The molecule has 0 saturated heterocycles. The van der Waals surface area contributed by atoms with Gasteiger partial charge in [0.2, 0.25) is 0 Å². The predicted molar refractivity (Wildman–Crippen MR) is 58.3 cm³/mol. The molecule has 0 radical (unpaired) electrons. The van der Waals surface area contributed by atoms with Crippen LogP contribution >= 0.6 is 0 Å². The molecule has 0 aromatic heterocycles. The van der Waals surface area contributed by atoms with Crippen molar-refractivity contribution in [1.82, 2.24) is 5.32 Å². The topological polar surface area (TPSA) is 41.1 Å². The van der Waals surface area contributed by atoms with E-state index in [2.05, 4.69) is 17.2 Å². The number of carbonyl (C=O) groups excluding carboxylic acids is 1. The zero-order valence-electron chi connectivity index (χ0n) is 8.42. The highest BCUT2D eigenvalue weighted by atomic mass is 16.2. The Morgan fingerprint density at radius 1 is 1.36 bits per heavy atom. The molecule has 3 nitrogen and oxygen atoms in total. The van der Waals surface area contributed by atoms with Gasteiger partial charge < -0.3 is 10.6 Å². The van der Waals surface area contributed by atoms with Crippen LogP contribution in [0.3, 0.4) is 0 Å². The van der Waals surface area contributed by atoms with Crippen LogP contribution in [-0.2, 0) is 0 Å². The summed E-state index contributed by atoms with van der Waals surface area (Å²) in [6, 6.07) is 5.49. The summed E-state index contributed by atoms with van der Waals surface area (Å²) in [6.45, 7) is 7.44. The molecule has 1 aromatic rings. The first kappa shape index (κ1) is 10.3. The van der Waals surface area contributed by atoms with Gasteiger partial charge in [0.05, 0.1) is 0 Å². The van der Waals surface area contributed by atoms with Crippen LogP contribution in [0.15, 0.2) is 31.0 Å². The Morgan fingerprint density at radius 2 is 2.07 bits per heavy atom. The number of aryl methyl sites for hydroxylation is 2. The summed E-state index contributed by atoms with van der Waals surface area (Å²) in [4.78, 5) is 11.1. The third-order valence-corrected chi connectivity index (χ3v) is 2.00. The van der Waals surface area contributed by atoms with Crippen molar-refractivity contribution in [2.75, 3.05) is 5.32 Å². The van der Waals surface area contributed by atoms with Gasteiger partial charge in [-0.05, 0) is 43.3 Å². The Labute approximate surface area is 83.8 Å². The lowest BCUT2D eigenvalue weighted by atomic mass is 10.1. The summed E-state index contributed by atoms with van der Waals surface area (Å²) >= 11 is 0. The molecule has 1 aromatic carbocycles. The molecule has 2 amide bonds. The van der Waals surface area contributed by atoms with Gasteiger partial charge in [0, 0.05) is 5.69 Å². The average molecular weight is 190 g/mol. The molecule has 14 heavy (non-hydrogen) atoms. The number of amides is 2. The number of carbonyl (C=O) groups is 1. The van der Waals surface area contributed by atoms with Crippen LogP contribution in [0, 0.1) is 13.8 Å². The smallest absolute Gasteiger partial charge is 0.315 e. The Kier molecular flexibility index (Phi) is 3.29. The van der Waals surface area contributed by atoms with Crippen molar-refractivity contribution in [2.45, 2.75) is 13.8 Å². The maximum Gasteiger partial charge on any atom is 0.323 e.